The molecule has 0 amide bonds. The highest BCUT2D eigenvalue weighted by Crippen LogP contribution is 2.30. The van der Waals surface area contributed by atoms with Crippen LogP contribution < -0.4 is 0 Å². The van der Waals surface area contributed by atoms with Crippen molar-refractivity contribution < 1.29 is 22.3 Å². The van der Waals surface area contributed by atoms with Crippen molar-refractivity contribution in [3.63, 3.8) is 0 Å². The monoisotopic (exact) mass is 376 g/mol. The topological polar surface area (TPSA) is 52.8 Å². The number of rotatable bonds is 7. The van der Waals surface area contributed by atoms with Crippen LogP contribution in [0.3, 0.4) is 0 Å². The van der Waals surface area contributed by atoms with Gasteiger partial charge in [0.05, 0.1) is 5.69 Å². The van der Waals surface area contributed by atoms with Gasteiger partial charge in [-0.15, -0.1) is 5.10 Å². The number of halogens is 4. The summed E-state index contributed by atoms with van der Waals surface area (Å²) in [6.07, 6.45) is -3.30. The summed E-state index contributed by atoms with van der Waals surface area (Å²) in [5, 5.41) is 4.09. The Labute approximate surface area is 144 Å². The average molecular weight is 376 g/mol. The molecule has 2 aromatic rings. The predicted molar refractivity (Wildman–Crippen MR) is 87.2 cm³/mol. The Hall–Kier alpha value is -1.81. The number of ether oxygens (including phenoxy) is 1. The molecule has 0 N–H and O–H groups in total. The molecule has 0 spiro atoms. The highest BCUT2D eigenvalue weighted by Gasteiger charge is 2.33. The molecule has 0 atom stereocenters. The maximum atomic E-state index is 12.9. The normalized spacial score (nSPS) is 12.6. The van der Waals surface area contributed by atoms with Gasteiger partial charge in [-0.2, -0.15) is 13.2 Å². The standard InChI is InChI=1S/C15H20F4N4OSi/c1-25(2,3)5-4-24-10-23-9-20-14(22-23)11-6-12(8-16)21-13(7-11)15(17,18)19/h6-7,9H,4-5,8,10H2,1-3H3. The van der Waals surface area contributed by atoms with E-state index in [0.29, 0.717) is 6.61 Å². The Bertz CT molecular complexity index is 712. The van der Waals surface area contributed by atoms with Crippen molar-refractivity contribution in [2.45, 2.75) is 45.3 Å². The molecule has 0 aliphatic rings. The minimum absolute atomic E-state index is 0.0656. The third kappa shape index (κ3) is 5.89. The van der Waals surface area contributed by atoms with Crippen LogP contribution >= 0.6 is 0 Å². The molecule has 0 saturated carbocycles. The van der Waals surface area contributed by atoms with E-state index in [0.717, 1.165) is 12.1 Å². The summed E-state index contributed by atoms with van der Waals surface area (Å²) in [6, 6.07) is 3.01. The predicted octanol–water partition coefficient (Wildman–Crippen LogP) is 4.14. The Morgan fingerprint density at radius 1 is 1.20 bits per heavy atom. The molecule has 2 heterocycles. The van der Waals surface area contributed by atoms with Crippen LogP contribution in [0.25, 0.3) is 11.4 Å². The second-order valence-electron chi connectivity index (χ2n) is 6.82. The average Bonchev–Trinajstić information content (AvgIpc) is 2.98. The minimum Gasteiger partial charge on any atom is -0.359 e. The van der Waals surface area contributed by atoms with Gasteiger partial charge in [0.2, 0.25) is 0 Å². The summed E-state index contributed by atoms with van der Waals surface area (Å²) in [7, 11) is -1.20. The number of hydrogen-bond acceptors (Lipinski definition) is 4. The number of pyridine rings is 1. The van der Waals surface area contributed by atoms with Gasteiger partial charge >= 0.3 is 6.18 Å². The third-order valence-electron chi connectivity index (χ3n) is 3.32. The van der Waals surface area contributed by atoms with Gasteiger partial charge in [-0.1, -0.05) is 19.6 Å². The van der Waals surface area contributed by atoms with Gasteiger partial charge in [0, 0.05) is 20.2 Å². The van der Waals surface area contributed by atoms with Crippen LogP contribution in [-0.2, 0) is 24.3 Å². The van der Waals surface area contributed by atoms with Crippen LogP contribution in [0.1, 0.15) is 11.4 Å². The fourth-order valence-corrected chi connectivity index (χ4v) is 2.71. The SMILES string of the molecule is C[Si](C)(C)CCOCn1cnc(-c2cc(CF)nc(C(F)(F)F)c2)n1. The van der Waals surface area contributed by atoms with E-state index >= 15 is 0 Å². The summed E-state index contributed by atoms with van der Waals surface area (Å²) >= 11 is 0. The van der Waals surface area contributed by atoms with E-state index in [1.807, 2.05) is 0 Å². The van der Waals surface area contributed by atoms with E-state index in [2.05, 4.69) is 34.7 Å². The van der Waals surface area contributed by atoms with E-state index < -0.39 is 26.6 Å². The third-order valence-corrected chi connectivity index (χ3v) is 5.02. The zero-order chi connectivity index (χ0) is 18.7. The lowest BCUT2D eigenvalue weighted by atomic mass is 10.2. The van der Waals surface area contributed by atoms with Crippen LogP contribution in [-0.4, -0.2) is 34.4 Å². The molecule has 0 saturated heterocycles. The zero-order valence-electron chi connectivity index (χ0n) is 14.3. The number of hydrogen-bond donors (Lipinski definition) is 0. The molecule has 25 heavy (non-hydrogen) atoms. The van der Waals surface area contributed by atoms with Crippen LogP contribution in [0.4, 0.5) is 17.6 Å². The molecule has 0 radical (unpaired) electrons. The van der Waals surface area contributed by atoms with Crippen LogP contribution in [0.2, 0.25) is 25.7 Å². The Kier molecular flexibility index (Phi) is 5.94. The lowest BCUT2D eigenvalue weighted by molar-refractivity contribution is -0.141. The van der Waals surface area contributed by atoms with Crippen LogP contribution in [0.5, 0.6) is 0 Å². The van der Waals surface area contributed by atoms with Crippen molar-refractivity contribution in [3.05, 3.63) is 29.8 Å². The largest absolute Gasteiger partial charge is 0.433 e. The molecule has 0 fully saturated rings. The van der Waals surface area contributed by atoms with Gasteiger partial charge in [0.25, 0.3) is 0 Å². The van der Waals surface area contributed by atoms with Crippen LogP contribution in [0, 0.1) is 0 Å². The van der Waals surface area contributed by atoms with Gasteiger partial charge in [-0.25, -0.2) is 19.0 Å². The molecule has 5 nitrogen and oxygen atoms in total. The fraction of sp³-hybridized carbons (Fsp3) is 0.533. The zero-order valence-corrected chi connectivity index (χ0v) is 15.3. The summed E-state index contributed by atoms with van der Waals surface area (Å²) in [5.41, 5.74) is -1.41. The molecule has 2 rings (SSSR count). The fourth-order valence-electron chi connectivity index (χ4n) is 1.96. The first-order chi connectivity index (χ1) is 11.6. The second-order valence-corrected chi connectivity index (χ2v) is 12.4. The van der Waals surface area contributed by atoms with E-state index in [9.17, 15) is 17.6 Å². The van der Waals surface area contributed by atoms with Crippen LogP contribution in [0.15, 0.2) is 18.5 Å². The number of nitrogens with zero attached hydrogens (tertiary/aromatic N) is 4. The summed E-state index contributed by atoms with van der Waals surface area (Å²) < 4.78 is 58.3. The van der Waals surface area contributed by atoms with Crippen molar-refractivity contribution in [2.75, 3.05) is 6.61 Å². The highest BCUT2D eigenvalue weighted by molar-refractivity contribution is 6.76. The van der Waals surface area contributed by atoms with E-state index in [4.69, 9.17) is 4.74 Å². The number of alkyl halides is 4. The highest BCUT2D eigenvalue weighted by atomic mass is 28.3. The van der Waals surface area contributed by atoms with E-state index in [1.54, 1.807) is 0 Å². The van der Waals surface area contributed by atoms with Crippen molar-refractivity contribution in [1.29, 1.82) is 0 Å². The summed E-state index contributed by atoms with van der Waals surface area (Å²) in [6.45, 7) is 6.34. The lowest BCUT2D eigenvalue weighted by Gasteiger charge is -2.15. The van der Waals surface area contributed by atoms with Gasteiger partial charge in [0.15, 0.2) is 5.82 Å². The first-order valence-corrected chi connectivity index (χ1v) is 11.4. The molecule has 0 aliphatic heterocycles. The molecular formula is C15H20F4N4OSi. The van der Waals surface area contributed by atoms with Gasteiger partial charge in [-0.05, 0) is 18.2 Å². The maximum absolute atomic E-state index is 12.9. The number of aromatic nitrogens is 4. The molecule has 0 aromatic carbocycles. The molecular weight excluding hydrogens is 356 g/mol. The first kappa shape index (κ1) is 19.5. The maximum Gasteiger partial charge on any atom is 0.433 e. The van der Waals surface area contributed by atoms with Crippen molar-refractivity contribution >= 4 is 8.07 Å². The summed E-state index contributed by atoms with van der Waals surface area (Å²) in [4.78, 5) is 7.23. The van der Waals surface area contributed by atoms with E-state index in [-0.39, 0.29) is 23.8 Å². The Morgan fingerprint density at radius 3 is 2.52 bits per heavy atom. The van der Waals surface area contributed by atoms with Gasteiger partial charge in [-0.3, -0.25) is 0 Å². The quantitative estimate of drug-likeness (QED) is 0.414. The lowest BCUT2D eigenvalue weighted by Crippen LogP contribution is -2.22. The minimum atomic E-state index is -4.66. The first-order valence-electron chi connectivity index (χ1n) is 7.70. The molecule has 0 bridgehead atoms. The Morgan fingerprint density at radius 2 is 1.92 bits per heavy atom. The Balaban J connectivity index is 2.11. The molecule has 10 heteroatoms. The van der Waals surface area contributed by atoms with Crippen molar-refractivity contribution in [2.24, 2.45) is 0 Å². The van der Waals surface area contributed by atoms with Crippen molar-refractivity contribution in [1.82, 2.24) is 19.7 Å². The van der Waals surface area contributed by atoms with Gasteiger partial charge < -0.3 is 4.74 Å². The van der Waals surface area contributed by atoms with Gasteiger partial charge in [0.1, 0.15) is 25.4 Å². The second kappa shape index (κ2) is 7.61. The molecule has 2 aromatic heterocycles. The van der Waals surface area contributed by atoms with Crippen molar-refractivity contribution in [3.8, 4) is 11.4 Å². The molecule has 138 valence electrons. The summed E-state index contributed by atoms with van der Waals surface area (Å²) in [5.74, 6) is 0.0661. The molecule has 0 unspecified atom stereocenters. The van der Waals surface area contributed by atoms with E-state index in [1.165, 1.54) is 17.1 Å². The molecule has 0 aliphatic carbocycles. The smallest absolute Gasteiger partial charge is 0.359 e.